The molecule has 1 amide bonds. The zero-order chi connectivity index (χ0) is 23.1. The first-order chi connectivity index (χ1) is 15.0. The molecule has 1 aromatic carbocycles. The van der Waals surface area contributed by atoms with Crippen LogP contribution in [0.25, 0.3) is 21.9 Å². The summed E-state index contributed by atoms with van der Waals surface area (Å²) in [5.74, 6) is 1.31. The molecule has 0 unspecified atom stereocenters. The molecular formula is C21H30N6O4S. The molecule has 0 saturated carbocycles. The summed E-state index contributed by atoms with van der Waals surface area (Å²) in [6.07, 6.45) is 0.221. The Hall–Kier alpha value is -2.60. The van der Waals surface area contributed by atoms with Gasteiger partial charge in [-0.05, 0) is 33.3 Å². The number of nitrogen functional groups attached to an aromatic ring is 1. The van der Waals surface area contributed by atoms with Crippen LogP contribution in [0.5, 0.6) is 0 Å². The van der Waals surface area contributed by atoms with Gasteiger partial charge in [0.25, 0.3) is 0 Å². The number of nitrogens with zero attached hydrogens (tertiary/aromatic N) is 4. The van der Waals surface area contributed by atoms with Gasteiger partial charge in [-0.2, -0.15) is 4.31 Å². The van der Waals surface area contributed by atoms with Crippen LogP contribution in [0.2, 0.25) is 0 Å². The molecule has 0 atom stereocenters. The number of hydrogen-bond acceptors (Lipinski definition) is 8. The van der Waals surface area contributed by atoms with Crippen LogP contribution in [0.1, 0.15) is 33.0 Å². The maximum Gasteiger partial charge on any atom is 0.407 e. The number of pyridine rings is 1. The smallest absolute Gasteiger partial charge is 0.407 e. The van der Waals surface area contributed by atoms with Crippen molar-refractivity contribution < 1.29 is 18.6 Å². The highest BCUT2D eigenvalue weighted by Crippen LogP contribution is 2.49. The number of amides is 1. The van der Waals surface area contributed by atoms with Gasteiger partial charge >= 0.3 is 6.09 Å². The number of rotatable bonds is 5. The predicted octanol–water partition coefficient (Wildman–Crippen LogP) is 3.56. The monoisotopic (exact) mass is 462 g/mol. The summed E-state index contributed by atoms with van der Waals surface area (Å²) < 4.78 is 29.7. The second-order valence-electron chi connectivity index (χ2n) is 8.87. The van der Waals surface area contributed by atoms with E-state index in [2.05, 4.69) is 10.3 Å². The fourth-order valence-corrected chi connectivity index (χ4v) is 5.42. The van der Waals surface area contributed by atoms with Crippen molar-refractivity contribution in [3.63, 3.8) is 0 Å². The Morgan fingerprint density at radius 1 is 1.28 bits per heavy atom. The number of hydrogen-bond donors (Lipinski definition) is 4. The third-order valence-corrected chi connectivity index (χ3v) is 7.23. The summed E-state index contributed by atoms with van der Waals surface area (Å²) in [6.45, 7) is 6.98. The van der Waals surface area contributed by atoms with Gasteiger partial charge in [0.1, 0.15) is 16.9 Å². The van der Waals surface area contributed by atoms with Crippen LogP contribution in [0.4, 0.5) is 10.6 Å². The number of ether oxygens (including phenoxy) is 1. The van der Waals surface area contributed by atoms with E-state index in [1.807, 2.05) is 49.6 Å². The largest absolute Gasteiger partial charge is 0.444 e. The van der Waals surface area contributed by atoms with Crippen LogP contribution >= 0.6 is 10.8 Å². The minimum absolute atomic E-state index is 0.261. The Bertz CT molecular complexity index is 1160. The summed E-state index contributed by atoms with van der Waals surface area (Å²) >= 11 is 0. The highest BCUT2D eigenvalue weighted by molar-refractivity contribution is 8.22. The number of imidazole rings is 1. The van der Waals surface area contributed by atoms with Gasteiger partial charge in [-0.1, -0.05) is 18.2 Å². The second kappa shape index (κ2) is 8.39. The van der Waals surface area contributed by atoms with Gasteiger partial charge in [0.15, 0.2) is 5.82 Å². The molecule has 3 aromatic rings. The van der Waals surface area contributed by atoms with Gasteiger partial charge in [-0.3, -0.25) is 9.11 Å². The zero-order valence-corrected chi connectivity index (χ0v) is 19.4. The molecule has 2 aromatic heterocycles. The number of carbonyl (C=O) groups is 1. The number of alkyl carbamates (subject to hydrolysis) is 1. The fourth-order valence-electron chi connectivity index (χ4n) is 3.90. The minimum atomic E-state index is -2.80. The molecule has 5 N–H and O–H groups in total. The lowest BCUT2D eigenvalue weighted by molar-refractivity contribution is 0.0526. The number of anilines is 1. The fraction of sp³-hybridized carbons (Fsp3) is 0.476. The number of aromatic nitrogens is 3. The summed E-state index contributed by atoms with van der Waals surface area (Å²) in [4.78, 5) is 21.3. The van der Waals surface area contributed by atoms with E-state index in [0.717, 1.165) is 22.8 Å². The normalized spacial score (nSPS) is 17.7. The highest BCUT2D eigenvalue weighted by atomic mass is 32.3. The van der Waals surface area contributed by atoms with Crippen LogP contribution in [0.3, 0.4) is 0 Å². The van der Waals surface area contributed by atoms with Gasteiger partial charge in [-0.15, -0.1) is 10.8 Å². The van der Waals surface area contributed by atoms with E-state index >= 15 is 0 Å². The standard InChI is InChI=1S/C21H30N6O4S/c1-21(2,3)31-20(28)23-9-11-27-16(13-26-10-6-12-32(26,29)30)25-17-18(27)14-7-4-5-8-15(14)24-19(17)22/h4-5,7-8,29-30H,6,9-13H2,1-3H3,(H2,22,24)(H,23,28). The van der Waals surface area contributed by atoms with E-state index in [9.17, 15) is 13.9 Å². The lowest BCUT2D eigenvalue weighted by Crippen LogP contribution is -2.34. The van der Waals surface area contributed by atoms with Gasteiger partial charge in [-0.25, -0.2) is 14.8 Å². The van der Waals surface area contributed by atoms with E-state index in [0.29, 0.717) is 42.5 Å². The third kappa shape index (κ3) is 4.60. The molecule has 10 nitrogen and oxygen atoms in total. The van der Waals surface area contributed by atoms with Crippen LogP contribution in [0, 0.1) is 0 Å². The number of carbonyl (C=O) groups excluding carboxylic acids is 1. The average Bonchev–Trinajstić information content (AvgIpc) is 3.21. The lowest BCUT2D eigenvalue weighted by atomic mass is 10.2. The molecule has 174 valence electrons. The van der Waals surface area contributed by atoms with Gasteiger partial charge in [0, 0.05) is 25.0 Å². The SMILES string of the molecule is CC(C)(C)OC(=O)NCCn1c(CN2CCCS2(O)O)nc2c(N)nc3ccccc3c21. The highest BCUT2D eigenvalue weighted by Gasteiger charge is 2.31. The van der Waals surface area contributed by atoms with Crippen molar-refractivity contribution in [2.45, 2.75) is 45.9 Å². The number of nitrogens with one attached hydrogen (secondary N) is 1. The van der Waals surface area contributed by atoms with Gasteiger partial charge < -0.3 is 20.4 Å². The Balaban J connectivity index is 1.71. The van der Waals surface area contributed by atoms with Crippen molar-refractivity contribution in [1.82, 2.24) is 24.2 Å². The molecule has 1 aliphatic heterocycles. The van der Waals surface area contributed by atoms with Crippen LogP contribution in [-0.2, 0) is 17.8 Å². The van der Waals surface area contributed by atoms with Crippen LogP contribution in [-0.4, -0.2) is 58.5 Å². The summed E-state index contributed by atoms with van der Waals surface area (Å²) in [5.41, 5.74) is 7.76. The second-order valence-corrected chi connectivity index (χ2v) is 11.1. The van der Waals surface area contributed by atoms with Crippen molar-refractivity contribution >= 4 is 44.6 Å². The minimum Gasteiger partial charge on any atom is -0.444 e. The van der Waals surface area contributed by atoms with E-state index in [1.54, 1.807) is 4.31 Å². The predicted molar refractivity (Wildman–Crippen MR) is 126 cm³/mol. The molecule has 0 radical (unpaired) electrons. The Kier molecular flexibility index (Phi) is 5.93. The molecule has 1 aliphatic rings. The number of para-hydroxylation sites is 1. The Labute approximate surface area is 188 Å². The molecule has 0 spiro atoms. The molecule has 32 heavy (non-hydrogen) atoms. The molecule has 3 heterocycles. The number of benzene rings is 1. The number of fused-ring (bicyclic) bond motifs is 3. The van der Waals surface area contributed by atoms with Crippen LogP contribution < -0.4 is 11.1 Å². The van der Waals surface area contributed by atoms with Crippen molar-refractivity contribution in [2.24, 2.45) is 0 Å². The molecule has 1 saturated heterocycles. The lowest BCUT2D eigenvalue weighted by Gasteiger charge is -2.36. The molecule has 1 fully saturated rings. The van der Waals surface area contributed by atoms with Crippen molar-refractivity contribution in [2.75, 3.05) is 24.6 Å². The summed E-state index contributed by atoms with van der Waals surface area (Å²) in [6, 6.07) is 7.66. The molecule has 0 aliphatic carbocycles. The first-order valence-electron chi connectivity index (χ1n) is 10.6. The molecule has 4 rings (SSSR count). The zero-order valence-electron chi connectivity index (χ0n) is 18.5. The van der Waals surface area contributed by atoms with Gasteiger partial charge in [0.2, 0.25) is 0 Å². The van der Waals surface area contributed by atoms with Gasteiger partial charge in [0.05, 0.1) is 23.3 Å². The average molecular weight is 463 g/mol. The molecular weight excluding hydrogens is 432 g/mol. The first kappa shape index (κ1) is 22.6. The molecule has 0 bridgehead atoms. The number of nitrogens with two attached hydrogens (primary N) is 1. The topological polar surface area (TPSA) is 139 Å². The van der Waals surface area contributed by atoms with E-state index in [4.69, 9.17) is 15.5 Å². The maximum atomic E-state index is 12.1. The quantitative estimate of drug-likeness (QED) is 0.451. The van der Waals surface area contributed by atoms with Crippen molar-refractivity contribution in [3.05, 3.63) is 30.1 Å². The Morgan fingerprint density at radius 2 is 2.03 bits per heavy atom. The summed E-state index contributed by atoms with van der Waals surface area (Å²) in [7, 11) is -2.80. The van der Waals surface area contributed by atoms with Crippen molar-refractivity contribution in [1.29, 1.82) is 0 Å². The van der Waals surface area contributed by atoms with E-state index in [1.165, 1.54) is 0 Å². The first-order valence-corrected chi connectivity index (χ1v) is 12.2. The maximum absolute atomic E-state index is 12.1. The van der Waals surface area contributed by atoms with Crippen molar-refractivity contribution in [3.8, 4) is 0 Å². The van der Waals surface area contributed by atoms with Crippen LogP contribution in [0.15, 0.2) is 24.3 Å². The Morgan fingerprint density at radius 3 is 2.72 bits per heavy atom. The third-order valence-electron chi connectivity index (χ3n) is 5.25. The van der Waals surface area contributed by atoms with E-state index < -0.39 is 22.5 Å². The molecule has 11 heteroatoms. The van der Waals surface area contributed by atoms with E-state index in [-0.39, 0.29) is 6.54 Å². The summed E-state index contributed by atoms with van der Waals surface area (Å²) in [5, 5.41) is 3.67.